The monoisotopic (exact) mass is 333 g/mol. The maximum Gasteiger partial charge on any atom is 0.405 e. The van der Waals surface area contributed by atoms with E-state index >= 15 is 0 Å². The van der Waals surface area contributed by atoms with E-state index in [0.29, 0.717) is 0 Å². The zero-order valence-corrected chi connectivity index (χ0v) is 12.2. The van der Waals surface area contributed by atoms with Gasteiger partial charge >= 0.3 is 18.2 Å². The SMILES string of the molecule is C[C@H](CO)[C@@H](OC(N)=O)[C@@H]1OC(C(=O)O)=C[C@H](N)[C@H]1NC(=O)O. The molecule has 0 saturated heterocycles. The first-order valence-corrected chi connectivity index (χ1v) is 6.61. The van der Waals surface area contributed by atoms with Crippen LogP contribution in [-0.4, -0.2) is 64.4 Å². The summed E-state index contributed by atoms with van der Waals surface area (Å²) in [4.78, 5) is 33.1. The summed E-state index contributed by atoms with van der Waals surface area (Å²) in [6.07, 6.45) is -4.09. The van der Waals surface area contributed by atoms with E-state index in [2.05, 4.69) is 5.32 Å². The molecule has 0 radical (unpaired) electrons. The maximum absolute atomic E-state index is 11.1. The summed E-state index contributed by atoms with van der Waals surface area (Å²) in [5.41, 5.74) is 10.7. The molecule has 11 nitrogen and oxygen atoms in total. The third-order valence-electron chi connectivity index (χ3n) is 3.30. The van der Waals surface area contributed by atoms with Crippen molar-refractivity contribution in [1.82, 2.24) is 5.32 Å². The third kappa shape index (κ3) is 4.72. The second-order valence-electron chi connectivity index (χ2n) is 5.03. The molecule has 0 aromatic carbocycles. The highest BCUT2D eigenvalue weighted by molar-refractivity contribution is 5.84. The van der Waals surface area contributed by atoms with Gasteiger partial charge in [0.2, 0.25) is 5.76 Å². The minimum atomic E-state index is -1.43. The van der Waals surface area contributed by atoms with E-state index < -0.39 is 60.7 Å². The van der Waals surface area contributed by atoms with E-state index in [4.69, 9.17) is 31.2 Å². The number of ether oxygens (including phenoxy) is 2. The highest BCUT2D eigenvalue weighted by Gasteiger charge is 2.44. The van der Waals surface area contributed by atoms with E-state index in [1.165, 1.54) is 6.92 Å². The Morgan fingerprint density at radius 2 is 2.04 bits per heavy atom. The lowest BCUT2D eigenvalue weighted by Crippen LogP contribution is -2.62. The molecule has 2 amide bonds. The molecule has 1 heterocycles. The average molecular weight is 333 g/mol. The number of hydrogen-bond donors (Lipinski definition) is 6. The summed E-state index contributed by atoms with van der Waals surface area (Å²) < 4.78 is 10.1. The van der Waals surface area contributed by atoms with Gasteiger partial charge < -0.3 is 41.6 Å². The molecule has 0 aromatic heterocycles. The molecule has 8 N–H and O–H groups in total. The molecular formula is C12H19N3O8. The highest BCUT2D eigenvalue weighted by Crippen LogP contribution is 2.25. The summed E-state index contributed by atoms with van der Waals surface area (Å²) in [6.45, 7) is 1.04. The number of carboxylic acid groups (broad SMARTS) is 2. The number of rotatable bonds is 6. The van der Waals surface area contributed by atoms with E-state index in [1.807, 2.05) is 0 Å². The number of carboxylic acids is 1. The second kappa shape index (κ2) is 7.65. The van der Waals surface area contributed by atoms with Crippen LogP contribution in [0, 0.1) is 5.92 Å². The van der Waals surface area contributed by atoms with Gasteiger partial charge in [0.1, 0.15) is 6.10 Å². The van der Waals surface area contributed by atoms with Gasteiger partial charge in [0.25, 0.3) is 0 Å². The molecule has 1 aliphatic rings. The quantitative estimate of drug-likeness (QED) is 0.332. The Bertz CT molecular complexity index is 509. The number of aliphatic carboxylic acids is 1. The largest absolute Gasteiger partial charge is 0.477 e. The van der Waals surface area contributed by atoms with Crippen molar-refractivity contribution in [2.24, 2.45) is 17.4 Å². The zero-order chi connectivity index (χ0) is 17.7. The minimum absolute atomic E-state index is 0.445. The van der Waals surface area contributed by atoms with Crippen molar-refractivity contribution in [1.29, 1.82) is 0 Å². The summed E-state index contributed by atoms with van der Waals surface area (Å²) in [5.74, 6) is -2.66. The van der Waals surface area contributed by atoms with Crippen LogP contribution < -0.4 is 16.8 Å². The Morgan fingerprint density at radius 3 is 2.48 bits per heavy atom. The summed E-state index contributed by atoms with van der Waals surface area (Å²) in [7, 11) is 0. The van der Waals surface area contributed by atoms with Crippen molar-refractivity contribution in [2.45, 2.75) is 31.2 Å². The number of nitrogens with one attached hydrogen (secondary N) is 1. The predicted octanol–water partition coefficient (Wildman–Crippen LogP) is -1.59. The molecule has 0 aromatic rings. The molecule has 0 bridgehead atoms. The van der Waals surface area contributed by atoms with E-state index in [-0.39, 0.29) is 0 Å². The number of primary amides is 1. The Kier molecular flexibility index (Phi) is 6.16. The Balaban J connectivity index is 3.20. The zero-order valence-electron chi connectivity index (χ0n) is 12.2. The lowest BCUT2D eigenvalue weighted by molar-refractivity contribution is -0.142. The first-order valence-electron chi connectivity index (χ1n) is 6.61. The van der Waals surface area contributed by atoms with Crippen molar-refractivity contribution >= 4 is 18.2 Å². The first kappa shape index (κ1) is 18.5. The fraction of sp³-hybridized carbons (Fsp3) is 0.583. The lowest BCUT2D eigenvalue weighted by Gasteiger charge is -2.39. The number of carbonyl (C=O) groups is 3. The van der Waals surface area contributed by atoms with E-state index in [0.717, 1.165) is 6.08 Å². The molecule has 0 unspecified atom stereocenters. The molecule has 0 saturated carbocycles. The topological polar surface area (TPSA) is 194 Å². The summed E-state index contributed by atoms with van der Waals surface area (Å²) >= 11 is 0. The minimum Gasteiger partial charge on any atom is -0.477 e. The molecule has 1 rings (SSSR count). The normalized spacial score (nSPS) is 26.2. The number of aliphatic hydroxyl groups excluding tert-OH is 1. The average Bonchev–Trinajstić information content (AvgIpc) is 2.45. The fourth-order valence-electron chi connectivity index (χ4n) is 2.22. The second-order valence-corrected chi connectivity index (χ2v) is 5.03. The third-order valence-corrected chi connectivity index (χ3v) is 3.30. The van der Waals surface area contributed by atoms with Crippen LogP contribution in [0.25, 0.3) is 0 Å². The molecule has 1 aliphatic heterocycles. The number of hydrogen-bond acceptors (Lipinski definition) is 7. The summed E-state index contributed by atoms with van der Waals surface area (Å²) in [5, 5.41) is 29.3. The fourth-order valence-corrected chi connectivity index (χ4v) is 2.22. The van der Waals surface area contributed by atoms with Gasteiger partial charge in [-0.3, -0.25) is 0 Å². The van der Waals surface area contributed by atoms with Crippen LogP contribution in [0.1, 0.15) is 6.92 Å². The van der Waals surface area contributed by atoms with Crippen molar-refractivity contribution in [3.63, 3.8) is 0 Å². The van der Waals surface area contributed by atoms with Gasteiger partial charge in [-0.15, -0.1) is 0 Å². The summed E-state index contributed by atoms with van der Waals surface area (Å²) in [6, 6.07) is -2.17. The van der Waals surface area contributed by atoms with Crippen molar-refractivity contribution in [3.05, 3.63) is 11.8 Å². The van der Waals surface area contributed by atoms with Crippen molar-refractivity contribution < 1.29 is 39.2 Å². The van der Waals surface area contributed by atoms with Crippen molar-refractivity contribution in [3.8, 4) is 0 Å². The van der Waals surface area contributed by atoms with Gasteiger partial charge in [-0.2, -0.15) is 0 Å². The van der Waals surface area contributed by atoms with Crippen molar-refractivity contribution in [2.75, 3.05) is 6.61 Å². The predicted molar refractivity (Wildman–Crippen MR) is 74.2 cm³/mol. The van der Waals surface area contributed by atoms with Gasteiger partial charge in [-0.05, 0) is 6.08 Å². The van der Waals surface area contributed by atoms with Crippen LogP contribution in [0.2, 0.25) is 0 Å². The van der Waals surface area contributed by atoms with Crippen LogP contribution in [0.15, 0.2) is 11.8 Å². The van der Waals surface area contributed by atoms with Gasteiger partial charge in [-0.25, -0.2) is 14.4 Å². The molecule has 0 fully saturated rings. The van der Waals surface area contributed by atoms with Gasteiger partial charge in [0, 0.05) is 12.5 Å². The maximum atomic E-state index is 11.1. The van der Waals surface area contributed by atoms with Crippen LogP contribution in [0.3, 0.4) is 0 Å². The molecule has 11 heteroatoms. The number of nitrogens with two attached hydrogens (primary N) is 2. The van der Waals surface area contributed by atoms with Gasteiger partial charge in [-0.1, -0.05) is 6.92 Å². The van der Waals surface area contributed by atoms with Gasteiger partial charge in [0.15, 0.2) is 6.10 Å². The highest BCUT2D eigenvalue weighted by atomic mass is 16.6. The van der Waals surface area contributed by atoms with Crippen LogP contribution in [-0.2, 0) is 14.3 Å². The molecule has 0 spiro atoms. The van der Waals surface area contributed by atoms with Crippen LogP contribution in [0.5, 0.6) is 0 Å². The van der Waals surface area contributed by atoms with Gasteiger partial charge in [0.05, 0.1) is 12.1 Å². The van der Waals surface area contributed by atoms with E-state index in [9.17, 15) is 19.5 Å². The first-order chi connectivity index (χ1) is 10.7. The molecule has 130 valence electrons. The standard InChI is InChI=1S/C12H19N3O8/c1-4(3-16)8(23-11(14)19)9-7(15-12(20)21)5(13)2-6(22-9)10(17)18/h2,4-5,7-9,15-16H,3,13H2,1H3,(H2,14,19)(H,17,18)(H,20,21)/t4-,5+,7-,8-,9-/m1/s1. The molecular weight excluding hydrogens is 314 g/mol. The molecule has 5 atom stereocenters. The number of amides is 2. The Labute approximate surface area is 130 Å². The molecule has 23 heavy (non-hydrogen) atoms. The molecule has 0 aliphatic carbocycles. The lowest BCUT2D eigenvalue weighted by atomic mass is 9.89. The Morgan fingerprint density at radius 1 is 1.43 bits per heavy atom. The smallest absolute Gasteiger partial charge is 0.405 e. The van der Waals surface area contributed by atoms with Crippen LogP contribution in [0.4, 0.5) is 9.59 Å². The Hall–Kier alpha value is -2.53. The van der Waals surface area contributed by atoms with Crippen LogP contribution >= 0.6 is 0 Å². The van der Waals surface area contributed by atoms with E-state index in [1.54, 1.807) is 0 Å². The number of aliphatic hydroxyl groups is 1. The number of carbonyl (C=O) groups excluding carboxylic acids is 1.